The van der Waals surface area contributed by atoms with Gasteiger partial charge >= 0.3 is 0 Å². The lowest BCUT2D eigenvalue weighted by atomic mass is 10.1. The number of aryl methyl sites for hydroxylation is 1. The summed E-state index contributed by atoms with van der Waals surface area (Å²) < 4.78 is 0. The summed E-state index contributed by atoms with van der Waals surface area (Å²) >= 11 is 1.72. The van der Waals surface area contributed by atoms with E-state index in [0.717, 1.165) is 10.7 Å². The Labute approximate surface area is 94.0 Å². The molecule has 0 aliphatic carbocycles. The van der Waals surface area contributed by atoms with Gasteiger partial charge < -0.3 is 0 Å². The molecule has 0 saturated carbocycles. The van der Waals surface area contributed by atoms with E-state index in [4.69, 9.17) is 0 Å². The first kappa shape index (κ1) is 10.3. The quantitative estimate of drug-likeness (QED) is 0.769. The molecule has 0 N–H and O–H groups in total. The van der Waals surface area contributed by atoms with Crippen LogP contribution in [0, 0.1) is 6.92 Å². The summed E-state index contributed by atoms with van der Waals surface area (Å²) in [5.74, 6) is 0.485. The van der Waals surface area contributed by atoms with Gasteiger partial charge in [0.25, 0.3) is 0 Å². The zero-order valence-corrected chi connectivity index (χ0v) is 10.0. The number of rotatable bonds is 2. The van der Waals surface area contributed by atoms with E-state index in [1.807, 2.05) is 18.2 Å². The molecule has 3 heteroatoms. The Kier molecular flexibility index (Phi) is 2.82. The summed E-state index contributed by atoms with van der Waals surface area (Å²) in [6.07, 6.45) is 1.81. The van der Waals surface area contributed by atoms with Crippen LogP contribution < -0.4 is 0 Å². The summed E-state index contributed by atoms with van der Waals surface area (Å²) in [4.78, 5) is 10.2. The van der Waals surface area contributed by atoms with Crippen molar-refractivity contribution in [1.29, 1.82) is 0 Å². The molecule has 0 aliphatic heterocycles. The monoisotopic (exact) mass is 218 g/mol. The SMILES string of the molecule is Cc1sc(-c2ccccn2)nc1C(C)C. The number of pyridine rings is 1. The normalized spacial score (nSPS) is 10.9. The van der Waals surface area contributed by atoms with Crippen molar-refractivity contribution in [3.63, 3.8) is 0 Å². The van der Waals surface area contributed by atoms with Crippen LogP contribution in [0.1, 0.15) is 30.3 Å². The number of thiazole rings is 1. The van der Waals surface area contributed by atoms with Crippen molar-refractivity contribution in [2.24, 2.45) is 0 Å². The van der Waals surface area contributed by atoms with E-state index in [0.29, 0.717) is 5.92 Å². The third-order valence-corrected chi connectivity index (χ3v) is 3.27. The lowest BCUT2D eigenvalue weighted by Gasteiger charge is -1.99. The highest BCUT2D eigenvalue weighted by molar-refractivity contribution is 7.15. The molecule has 2 rings (SSSR count). The fourth-order valence-electron chi connectivity index (χ4n) is 1.54. The van der Waals surface area contributed by atoms with Crippen LogP contribution in [0.5, 0.6) is 0 Å². The van der Waals surface area contributed by atoms with Crippen LogP contribution in [0.3, 0.4) is 0 Å². The van der Waals surface area contributed by atoms with E-state index in [1.54, 1.807) is 17.5 Å². The molecule has 78 valence electrons. The summed E-state index contributed by atoms with van der Waals surface area (Å²) in [6, 6.07) is 5.92. The molecular formula is C12H14N2S. The average Bonchev–Trinajstić information content (AvgIpc) is 2.62. The largest absolute Gasteiger partial charge is 0.254 e. The lowest BCUT2D eigenvalue weighted by molar-refractivity contribution is 0.825. The van der Waals surface area contributed by atoms with Gasteiger partial charge in [-0.25, -0.2) is 4.98 Å². The summed E-state index contributed by atoms with van der Waals surface area (Å²) in [5, 5.41) is 1.02. The number of aromatic nitrogens is 2. The van der Waals surface area contributed by atoms with Crippen molar-refractivity contribution in [2.75, 3.05) is 0 Å². The molecule has 0 radical (unpaired) electrons. The molecule has 0 saturated heterocycles. The Morgan fingerprint density at radius 1 is 1.27 bits per heavy atom. The maximum Gasteiger partial charge on any atom is 0.142 e. The van der Waals surface area contributed by atoms with Crippen LogP contribution in [0.15, 0.2) is 24.4 Å². The van der Waals surface area contributed by atoms with Crippen molar-refractivity contribution in [3.8, 4) is 10.7 Å². The fraction of sp³-hybridized carbons (Fsp3) is 0.333. The van der Waals surface area contributed by atoms with Gasteiger partial charge in [0.05, 0.1) is 11.4 Å². The zero-order chi connectivity index (χ0) is 10.8. The van der Waals surface area contributed by atoms with E-state index in [2.05, 4.69) is 30.7 Å². The van der Waals surface area contributed by atoms with Crippen LogP contribution in [0.2, 0.25) is 0 Å². The Balaban J connectivity index is 2.43. The van der Waals surface area contributed by atoms with Gasteiger partial charge in [-0.3, -0.25) is 4.98 Å². The maximum atomic E-state index is 4.64. The summed E-state index contributed by atoms with van der Waals surface area (Å²) in [7, 11) is 0. The van der Waals surface area contributed by atoms with Gasteiger partial charge in [0.2, 0.25) is 0 Å². The van der Waals surface area contributed by atoms with E-state index >= 15 is 0 Å². The highest BCUT2D eigenvalue weighted by Gasteiger charge is 2.12. The Bertz CT molecular complexity index is 446. The highest BCUT2D eigenvalue weighted by Crippen LogP contribution is 2.29. The first-order chi connectivity index (χ1) is 7.18. The lowest BCUT2D eigenvalue weighted by Crippen LogP contribution is -1.90. The predicted molar refractivity (Wildman–Crippen MR) is 64.2 cm³/mol. The van der Waals surface area contributed by atoms with Crippen molar-refractivity contribution in [3.05, 3.63) is 35.0 Å². The molecule has 0 unspecified atom stereocenters. The Morgan fingerprint density at radius 3 is 2.60 bits per heavy atom. The molecule has 0 amide bonds. The third-order valence-electron chi connectivity index (χ3n) is 2.26. The van der Waals surface area contributed by atoms with Crippen LogP contribution >= 0.6 is 11.3 Å². The summed E-state index contributed by atoms with van der Waals surface area (Å²) in [5.41, 5.74) is 2.16. The molecule has 0 fully saturated rings. The van der Waals surface area contributed by atoms with Gasteiger partial charge in [-0.1, -0.05) is 19.9 Å². The van der Waals surface area contributed by atoms with Gasteiger partial charge in [-0.15, -0.1) is 11.3 Å². The minimum Gasteiger partial charge on any atom is -0.254 e. The van der Waals surface area contributed by atoms with Crippen molar-refractivity contribution < 1.29 is 0 Å². The first-order valence-electron chi connectivity index (χ1n) is 5.07. The number of nitrogens with zero attached hydrogens (tertiary/aromatic N) is 2. The third kappa shape index (κ3) is 2.07. The molecule has 2 aromatic rings. The number of hydrogen-bond donors (Lipinski definition) is 0. The van der Waals surface area contributed by atoms with Crippen molar-refractivity contribution in [1.82, 2.24) is 9.97 Å². The molecular weight excluding hydrogens is 204 g/mol. The van der Waals surface area contributed by atoms with Crippen molar-refractivity contribution in [2.45, 2.75) is 26.7 Å². The van der Waals surface area contributed by atoms with Crippen LogP contribution in [-0.4, -0.2) is 9.97 Å². The molecule has 0 aliphatic rings. The molecule has 2 nitrogen and oxygen atoms in total. The highest BCUT2D eigenvalue weighted by atomic mass is 32.1. The molecule has 0 spiro atoms. The Hall–Kier alpha value is -1.22. The maximum absolute atomic E-state index is 4.64. The molecule has 2 aromatic heterocycles. The minimum absolute atomic E-state index is 0.485. The number of hydrogen-bond acceptors (Lipinski definition) is 3. The molecule has 0 aromatic carbocycles. The van der Waals surface area contributed by atoms with Gasteiger partial charge in [-0.05, 0) is 25.0 Å². The molecule has 0 atom stereocenters. The summed E-state index contributed by atoms with van der Waals surface area (Å²) in [6.45, 7) is 6.47. The second kappa shape index (κ2) is 4.11. The van der Waals surface area contributed by atoms with E-state index < -0.39 is 0 Å². The van der Waals surface area contributed by atoms with E-state index in [9.17, 15) is 0 Å². The van der Waals surface area contributed by atoms with Gasteiger partial charge in [0.1, 0.15) is 5.01 Å². The van der Waals surface area contributed by atoms with Gasteiger partial charge in [0, 0.05) is 11.1 Å². The second-order valence-corrected chi connectivity index (χ2v) is 5.03. The zero-order valence-electron chi connectivity index (χ0n) is 9.19. The first-order valence-corrected chi connectivity index (χ1v) is 5.89. The topological polar surface area (TPSA) is 25.8 Å². The minimum atomic E-state index is 0.485. The van der Waals surface area contributed by atoms with E-state index in [1.165, 1.54) is 10.6 Å². The smallest absolute Gasteiger partial charge is 0.142 e. The molecule has 2 heterocycles. The standard InChI is InChI=1S/C12H14N2S/c1-8(2)11-9(3)15-12(14-11)10-6-4-5-7-13-10/h4-8H,1-3H3. The van der Waals surface area contributed by atoms with Gasteiger partial charge in [-0.2, -0.15) is 0 Å². The van der Waals surface area contributed by atoms with Gasteiger partial charge in [0.15, 0.2) is 0 Å². The van der Waals surface area contributed by atoms with Crippen LogP contribution in [-0.2, 0) is 0 Å². The molecule has 15 heavy (non-hydrogen) atoms. The Morgan fingerprint density at radius 2 is 2.07 bits per heavy atom. The molecule has 0 bridgehead atoms. The van der Waals surface area contributed by atoms with E-state index in [-0.39, 0.29) is 0 Å². The van der Waals surface area contributed by atoms with Crippen LogP contribution in [0.25, 0.3) is 10.7 Å². The van der Waals surface area contributed by atoms with Crippen LogP contribution in [0.4, 0.5) is 0 Å². The predicted octanol–water partition coefficient (Wildman–Crippen LogP) is 3.64. The fourth-order valence-corrected chi connectivity index (χ4v) is 2.59. The average molecular weight is 218 g/mol. The van der Waals surface area contributed by atoms with Crippen molar-refractivity contribution >= 4 is 11.3 Å². The second-order valence-electron chi connectivity index (χ2n) is 3.83.